The number of hydrogen-bond donors (Lipinski definition) is 1. The molecule has 0 unspecified atom stereocenters. The summed E-state index contributed by atoms with van der Waals surface area (Å²) in [4.78, 5) is 12.6. The average Bonchev–Trinajstić information content (AvgIpc) is 2.84. The molecule has 0 aromatic heterocycles. The SMILES string of the molecule is Cc1c(Cl)cccc1NC(=O)/C(C#N)=C/c1ccc(OCc2cccc3ccccc23)c(Cl)c1. The van der Waals surface area contributed by atoms with Crippen molar-refractivity contribution in [2.24, 2.45) is 0 Å². The summed E-state index contributed by atoms with van der Waals surface area (Å²) in [7, 11) is 0. The van der Waals surface area contributed by atoms with E-state index in [4.69, 9.17) is 27.9 Å². The molecule has 1 amide bonds. The molecule has 6 heteroatoms. The Bertz CT molecular complexity index is 1450. The maximum Gasteiger partial charge on any atom is 0.266 e. The number of halogens is 2. The van der Waals surface area contributed by atoms with E-state index in [1.165, 1.54) is 6.08 Å². The third-order valence-corrected chi connectivity index (χ3v) is 6.12. The molecule has 0 saturated heterocycles. The quantitative estimate of drug-likeness (QED) is 0.225. The van der Waals surface area contributed by atoms with E-state index in [0.29, 0.717) is 33.7 Å². The second kappa shape index (κ2) is 10.4. The molecule has 0 fully saturated rings. The van der Waals surface area contributed by atoms with Gasteiger partial charge in [-0.2, -0.15) is 5.26 Å². The van der Waals surface area contributed by atoms with Crippen LogP contribution in [0.25, 0.3) is 16.8 Å². The van der Waals surface area contributed by atoms with E-state index in [9.17, 15) is 10.1 Å². The number of rotatable bonds is 6. The fourth-order valence-electron chi connectivity index (χ4n) is 3.55. The molecule has 0 aliphatic heterocycles. The predicted octanol–water partition coefficient (Wildman–Crippen LogP) is 7.58. The summed E-state index contributed by atoms with van der Waals surface area (Å²) in [5.41, 5.74) is 2.88. The summed E-state index contributed by atoms with van der Waals surface area (Å²) in [5.74, 6) is -0.00969. The predicted molar refractivity (Wildman–Crippen MR) is 138 cm³/mol. The lowest BCUT2D eigenvalue weighted by molar-refractivity contribution is -0.112. The maximum atomic E-state index is 12.6. The number of amides is 1. The van der Waals surface area contributed by atoms with Gasteiger partial charge in [-0.1, -0.05) is 77.8 Å². The Morgan fingerprint density at radius 1 is 1.00 bits per heavy atom. The van der Waals surface area contributed by atoms with E-state index >= 15 is 0 Å². The number of nitrogens with one attached hydrogen (secondary N) is 1. The highest BCUT2D eigenvalue weighted by molar-refractivity contribution is 6.32. The number of fused-ring (bicyclic) bond motifs is 1. The van der Waals surface area contributed by atoms with Crippen LogP contribution in [-0.2, 0) is 11.4 Å². The molecule has 0 aliphatic carbocycles. The molecular formula is C28H20Cl2N2O2. The molecule has 0 atom stereocenters. The molecule has 34 heavy (non-hydrogen) atoms. The van der Waals surface area contributed by atoms with Gasteiger partial charge < -0.3 is 10.1 Å². The summed E-state index contributed by atoms with van der Waals surface area (Å²) >= 11 is 12.5. The van der Waals surface area contributed by atoms with Crippen molar-refractivity contribution in [1.29, 1.82) is 5.26 Å². The Labute approximate surface area is 208 Å². The molecule has 168 valence electrons. The van der Waals surface area contributed by atoms with Crippen molar-refractivity contribution in [1.82, 2.24) is 0 Å². The molecule has 0 bridgehead atoms. The molecule has 4 rings (SSSR count). The Morgan fingerprint density at radius 2 is 1.76 bits per heavy atom. The van der Waals surface area contributed by atoms with Crippen molar-refractivity contribution in [3.8, 4) is 11.8 Å². The Kier molecular flexibility index (Phi) is 7.18. The molecule has 0 heterocycles. The van der Waals surface area contributed by atoms with Crippen molar-refractivity contribution in [2.75, 3.05) is 5.32 Å². The largest absolute Gasteiger partial charge is 0.487 e. The van der Waals surface area contributed by atoms with Crippen LogP contribution >= 0.6 is 23.2 Å². The van der Waals surface area contributed by atoms with Crippen LogP contribution in [0.5, 0.6) is 5.75 Å². The first-order chi connectivity index (χ1) is 16.5. The van der Waals surface area contributed by atoms with Gasteiger partial charge in [0.05, 0.1) is 5.02 Å². The topological polar surface area (TPSA) is 62.1 Å². The fraction of sp³-hybridized carbons (Fsp3) is 0.0714. The summed E-state index contributed by atoms with van der Waals surface area (Å²) < 4.78 is 5.96. The van der Waals surface area contributed by atoms with Crippen LogP contribution in [0.2, 0.25) is 10.0 Å². The smallest absolute Gasteiger partial charge is 0.266 e. The third kappa shape index (κ3) is 5.23. The summed E-state index contributed by atoms with van der Waals surface area (Å²) in [6.07, 6.45) is 1.48. The monoisotopic (exact) mass is 486 g/mol. The van der Waals surface area contributed by atoms with Crippen molar-refractivity contribution in [3.05, 3.63) is 111 Å². The van der Waals surface area contributed by atoms with Gasteiger partial charge in [-0.3, -0.25) is 4.79 Å². The number of hydrogen-bond acceptors (Lipinski definition) is 3. The van der Waals surface area contributed by atoms with Gasteiger partial charge in [0.2, 0.25) is 0 Å². The first kappa shape index (κ1) is 23.4. The zero-order chi connectivity index (χ0) is 24.1. The van der Waals surface area contributed by atoms with Gasteiger partial charge in [-0.05, 0) is 64.7 Å². The van der Waals surface area contributed by atoms with Crippen LogP contribution in [-0.4, -0.2) is 5.91 Å². The second-order valence-corrected chi connectivity index (χ2v) is 8.47. The highest BCUT2D eigenvalue weighted by Crippen LogP contribution is 2.29. The van der Waals surface area contributed by atoms with E-state index in [-0.39, 0.29) is 5.57 Å². The van der Waals surface area contributed by atoms with Crippen molar-refractivity contribution >= 4 is 51.6 Å². The van der Waals surface area contributed by atoms with Crippen molar-refractivity contribution < 1.29 is 9.53 Å². The number of carbonyl (C=O) groups excluding carboxylic acids is 1. The van der Waals surface area contributed by atoms with Crippen LogP contribution in [0.1, 0.15) is 16.7 Å². The first-order valence-corrected chi connectivity index (χ1v) is 11.3. The van der Waals surface area contributed by atoms with E-state index in [1.54, 1.807) is 43.3 Å². The lowest BCUT2D eigenvalue weighted by Crippen LogP contribution is -2.14. The van der Waals surface area contributed by atoms with Crippen molar-refractivity contribution in [2.45, 2.75) is 13.5 Å². The summed E-state index contributed by atoms with van der Waals surface area (Å²) in [6.45, 7) is 2.16. The van der Waals surface area contributed by atoms with Crippen LogP contribution in [0.15, 0.2) is 84.4 Å². The Morgan fingerprint density at radius 3 is 2.56 bits per heavy atom. The van der Waals surface area contributed by atoms with Gasteiger partial charge in [0, 0.05) is 10.7 Å². The highest BCUT2D eigenvalue weighted by atomic mass is 35.5. The van der Waals surface area contributed by atoms with Gasteiger partial charge in [0.1, 0.15) is 24.0 Å². The molecule has 4 aromatic rings. The summed E-state index contributed by atoms with van der Waals surface area (Å²) in [5, 5.41) is 15.4. The molecule has 0 saturated carbocycles. The second-order valence-electron chi connectivity index (χ2n) is 7.65. The van der Waals surface area contributed by atoms with Crippen LogP contribution in [0.3, 0.4) is 0 Å². The van der Waals surface area contributed by atoms with Crippen LogP contribution < -0.4 is 10.1 Å². The van der Waals surface area contributed by atoms with Crippen LogP contribution in [0.4, 0.5) is 5.69 Å². The highest BCUT2D eigenvalue weighted by Gasteiger charge is 2.13. The minimum absolute atomic E-state index is 0.0557. The lowest BCUT2D eigenvalue weighted by Gasteiger charge is -2.11. The molecule has 4 nitrogen and oxygen atoms in total. The molecule has 0 spiro atoms. The molecule has 0 aliphatic rings. The molecular weight excluding hydrogens is 467 g/mol. The number of benzene rings is 4. The summed E-state index contributed by atoms with van der Waals surface area (Å²) in [6, 6.07) is 26.5. The number of anilines is 1. The van der Waals surface area contributed by atoms with E-state index in [0.717, 1.165) is 21.9 Å². The Hall–Kier alpha value is -3.78. The maximum absolute atomic E-state index is 12.6. The number of carbonyl (C=O) groups is 1. The standard InChI is InChI=1S/C28H20Cl2N2O2/c1-18-24(29)10-5-11-26(18)32-28(33)22(16-31)14-19-12-13-27(25(30)15-19)34-17-21-8-4-7-20-6-2-3-9-23(20)21/h2-15H,17H2,1H3,(H,32,33)/b22-14+. The number of nitrogens with zero attached hydrogens (tertiary/aromatic N) is 1. The van der Waals surface area contributed by atoms with E-state index in [2.05, 4.69) is 23.5 Å². The van der Waals surface area contributed by atoms with Crippen LogP contribution in [0, 0.1) is 18.3 Å². The fourth-order valence-corrected chi connectivity index (χ4v) is 3.96. The Balaban J connectivity index is 1.49. The minimum Gasteiger partial charge on any atom is -0.487 e. The number of nitriles is 1. The molecule has 1 N–H and O–H groups in total. The molecule has 0 radical (unpaired) electrons. The number of ether oxygens (including phenoxy) is 1. The van der Waals surface area contributed by atoms with Crippen molar-refractivity contribution in [3.63, 3.8) is 0 Å². The van der Waals surface area contributed by atoms with E-state index in [1.807, 2.05) is 30.3 Å². The van der Waals surface area contributed by atoms with E-state index < -0.39 is 5.91 Å². The zero-order valence-electron chi connectivity index (χ0n) is 18.3. The van der Waals surface area contributed by atoms with Gasteiger partial charge in [-0.15, -0.1) is 0 Å². The third-order valence-electron chi connectivity index (χ3n) is 5.41. The van der Waals surface area contributed by atoms with Gasteiger partial charge in [-0.25, -0.2) is 0 Å². The lowest BCUT2D eigenvalue weighted by atomic mass is 10.1. The minimum atomic E-state index is -0.528. The first-order valence-electron chi connectivity index (χ1n) is 10.5. The normalized spacial score (nSPS) is 11.2. The van der Waals surface area contributed by atoms with Gasteiger partial charge in [0.25, 0.3) is 5.91 Å². The zero-order valence-corrected chi connectivity index (χ0v) is 19.8. The molecule has 4 aromatic carbocycles. The van der Waals surface area contributed by atoms with Gasteiger partial charge >= 0.3 is 0 Å². The van der Waals surface area contributed by atoms with Gasteiger partial charge in [0.15, 0.2) is 0 Å². The average molecular weight is 487 g/mol.